The number of aliphatic hydroxyl groups is 1. The number of rotatable bonds is 5. The van der Waals surface area contributed by atoms with E-state index >= 15 is 0 Å². The lowest BCUT2D eigenvalue weighted by Gasteiger charge is -2.30. The molecule has 1 amide bonds. The van der Waals surface area contributed by atoms with Crippen molar-refractivity contribution >= 4 is 11.6 Å². The van der Waals surface area contributed by atoms with Crippen LogP contribution in [-0.4, -0.2) is 51.9 Å². The SMILES string of the molecule is Cc1nn(C)c(C)c1NC(=O)CN(C)CC1CCCCC1O. The molecule has 2 unspecified atom stereocenters. The minimum Gasteiger partial charge on any atom is -0.393 e. The normalized spacial score (nSPS) is 22.1. The summed E-state index contributed by atoms with van der Waals surface area (Å²) in [7, 11) is 3.80. The second-order valence-corrected chi connectivity index (χ2v) is 6.53. The Bertz CT molecular complexity index is 526. The molecule has 1 aromatic rings. The van der Waals surface area contributed by atoms with Crippen LogP contribution in [0.4, 0.5) is 5.69 Å². The maximum absolute atomic E-state index is 12.2. The van der Waals surface area contributed by atoms with Crippen molar-refractivity contribution in [2.24, 2.45) is 13.0 Å². The van der Waals surface area contributed by atoms with Crippen molar-refractivity contribution in [3.8, 4) is 0 Å². The van der Waals surface area contributed by atoms with Crippen LogP contribution < -0.4 is 5.32 Å². The molecule has 0 spiro atoms. The van der Waals surface area contributed by atoms with Gasteiger partial charge < -0.3 is 10.4 Å². The largest absolute Gasteiger partial charge is 0.393 e. The molecule has 124 valence electrons. The molecule has 2 rings (SSSR count). The zero-order valence-electron chi connectivity index (χ0n) is 14.1. The van der Waals surface area contributed by atoms with Gasteiger partial charge in [-0.2, -0.15) is 5.10 Å². The molecular formula is C16H28N4O2. The first-order valence-corrected chi connectivity index (χ1v) is 8.05. The van der Waals surface area contributed by atoms with E-state index in [4.69, 9.17) is 0 Å². The van der Waals surface area contributed by atoms with Crippen LogP contribution >= 0.6 is 0 Å². The predicted molar refractivity (Wildman–Crippen MR) is 86.8 cm³/mol. The highest BCUT2D eigenvalue weighted by molar-refractivity contribution is 5.93. The second kappa shape index (κ2) is 7.24. The number of nitrogens with one attached hydrogen (secondary N) is 1. The van der Waals surface area contributed by atoms with E-state index in [1.54, 1.807) is 4.68 Å². The Kier molecular flexibility index (Phi) is 5.58. The first kappa shape index (κ1) is 17.0. The molecule has 0 aromatic carbocycles. The third-order valence-electron chi connectivity index (χ3n) is 4.60. The minimum absolute atomic E-state index is 0.0352. The Morgan fingerprint density at radius 2 is 2.09 bits per heavy atom. The van der Waals surface area contributed by atoms with Crippen molar-refractivity contribution in [3.63, 3.8) is 0 Å². The van der Waals surface area contributed by atoms with Gasteiger partial charge in [0.2, 0.25) is 5.91 Å². The Morgan fingerprint density at radius 1 is 1.41 bits per heavy atom. The highest BCUT2D eigenvalue weighted by atomic mass is 16.3. The molecule has 2 atom stereocenters. The number of anilines is 1. The molecular weight excluding hydrogens is 280 g/mol. The van der Waals surface area contributed by atoms with Crippen LogP contribution in [0.1, 0.15) is 37.1 Å². The number of hydrogen-bond acceptors (Lipinski definition) is 4. The van der Waals surface area contributed by atoms with E-state index < -0.39 is 0 Å². The minimum atomic E-state index is -0.220. The third-order valence-corrected chi connectivity index (χ3v) is 4.60. The molecule has 0 bridgehead atoms. The molecule has 1 aliphatic carbocycles. The quantitative estimate of drug-likeness (QED) is 0.864. The zero-order chi connectivity index (χ0) is 16.3. The summed E-state index contributed by atoms with van der Waals surface area (Å²) in [6, 6.07) is 0. The van der Waals surface area contributed by atoms with Gasteiger partial charge in [0.15, 0.2) is 0 Å². The summed E-state index contributed by atoms with van der Waals surface area (Å²) < 4.78 is 1.77. The Hall–Kier alpha value is -1.40. The van der Waals surface area contributed by atoms with E-state index in [9.17, 15) is 9.90 Å². The van der Waals surface area contributed by atoms with Gasteiger partial charge in [-0.15, -0.1) is 0 Å². The van der Waals surface area contributed by atoms with Crippen LogP contribution in [0.5, 0.6) is 0 Å². The van der Waals surface area contributed by atoms with Crippen LogP contribution in [0.3, 0.4) is 0 Å². The van der Waals surface area contributed by atoms with E-state index in [0.717, 1.165) is 42.9 Å². The number of carbonyl (C=O) groups is 1. The highest BCUT2D eigenvalue weighted by Crippen LogP contribution is 2.25. The molecule has 1 aromatic heterocycles. The molecule has 1 heterocycles. The molecule has 2 N–H and O–H groups in total. The van der Waals surface area contributed by atoms with Gasteiger partial charge in [-0.25, -0.2) is 0 Å². The lowest BCUT2D eigenvalue weighted by molar-refractivity contribution is -0.117. The molecule has 1 aliphatic rings. The van der Waals surface area contributed by atoms with Crippen LogP contribution in [0.25, 0.3) is 0 Å². The van der Waals surface area contributed by atoms with Gasteiger partial charge in [0.05, 0.1) is 29.7 Å². The summed E-state index contributed by atoms with van der Waals surface area (Å²) in [6.45, 7) is 4.93. The summed E-state index contributed by atoms with van der Waals surface area (Å²) in [6.07, 6.45) is 4.01. The molecule has 22 heavy (non-hydrogen) atoms. The molecule has 0 saturated heterocycles. The summed E-state index contributed by atoms with van der Waals surface area (Å²) >= 11 is 0. The number of amides is 1. The van der Waals surface area contributed by atoms with Crippen molar-refractivity contribution in [1.82, 2.24) is 14.7 Å². The maximum atomic E-state index is 12.2. The van der Waals surface area contributed by atoms with Crippen molar-refractivity contribution < 1.29 is 9.90 Å². The number of aliphatic hydroxyl groups excluding tert-OH is 1. The molecule has 0 radical (unpaired) electrons. The number of likely N-dealkylation sites (N-methyl/N-ethyl adjacent to an activating group) is 1. The smallest absolute Gasteiger partial charge is 0.238 e. The Balaban J connectivity index is 1.86. The zero-order valence-corrected chi connectivity index (χ0v) is 14.1. The number of hydrogen-bond donors (Lipinski definition) is 2. The Morgan fingerprint density at radius 3 is 2.68 bits per heavy atom. The van der Waals surface area contributed by atoms with Gasteiger partial charge in [-0.1, -0.05) is 12.8 Å². The van der Waals surface area contributed by atoms with Crippen molar-refractivity contribution in [2.45, 2.75) is 45.6 Å². The van der Waals surface area contributed by atoms with Crippen molar-refractivity contribution in [3.05, 3.63) is 11.4 Å². The van der Waals surface area contributed by atoms with Gasteiger partial charge in [0, 0.05) is 13.6 Å². The maximum Gasteiger partial charge on any atom is 0.238 e. The summed E-state index contributed by atoms with van der Waals surface area (Å²) in [4.78, 5) is 14.2. The number of aryl methyl sites for hydroxylation is 2. The van der Waals surface area contributed by atoms with Crippen LogP contribution in [0.2, 0.25) is 0 Å². The first-order valence-electron chi connectivity index (χ1n) is 8.05. The number of carbonyl (C=O) groups excluding carboxylic acids is 1. The lowest BCUT2D eigenvalue weighted by Crippen LogP contribution is -2.38. The topological polar surface area (TPSA) is 70.4 Å². The van der Waals surface area contributed by atoms with Crippen LogP contribution in [0.15, 0.2) is 0 Å². The second-order valence-electron chi connectivity index (χ2n) is 6.53. The van der Waals surface area contributed by atoms with E-state index in [-0.39, 0.29) is 17.9 Å². The van der Waals surface area contributed by atoms with Crippen molar-refractivity contribution in [2.75, 3.05) is 25.5 Å². The third kappa shape index (κ3) is 4.08. The average Bonchev–Trinajstić information content (AvgIpc) is 2.68. The van der Waals surface area contributed by atoms with Gasteiger partial charge in [0.25, 0.3) is 0 Å². The van der Waals surface area contributed by atoms with E-state index in [0.29, 0.717) is 6.54 Å². The van der Waals surface area contributed by atoms with Crippen LogP contribution in [-0.2, 0) is 11.8 Å². The summed E-state index contributed by atoms with van der Waals surface area (Å²) in [5.74, 6) is 0.250. The predicted octanol–water partition coefficient (Wildman–Crippen LogP) is 1.46. The van der Waals surface area contributed by atoms with Gasteiger partial charge in [-0.05, 0) is 39.7 Å². The van der Waals surface area contributed by atoms with E-state index in [1.807, 2.05) is 32.8 Å². The van der Waals surface area contributed by atoms with Crippen molar-refractivity contribution in [1.29, 1.82) is 0 Å². The van der Waals surface area contributed by atoms with Gasteiger partial charge in [-0.3, -0.25) is 14.4 Å². The summed E-state index contributed by atoms with van der Waals surface area (Å²) in [5.41, 5.74) is 2.59. The first-order chi connectivity index (χ1) is 10.4. The fourth-order valence-corrected chi connectivity index (χ4v) is 3.24. The van der Waals surface area contributed by atoms with Gasteiger partial charge >= 0.3 is 0 Å². The standard InChI is InChI=1S/C16H28N4O2/c1-11-16(12(2)20(4)18-11)17-15(22)10-19(3)9-13-7-5-6-8-14(13)21/h13-14,21H,5-10H2,1-4H3,(H,17,22). The molecule has 1 saturated carbocycles. The molecule has 0 aliphatic heterocycles. The lowest BCUT2D eigenvalue weighted by atomic mass is 9.86. The average molecular weight is 308 g/mol. The summed E-state index contributed by atoms with van der Waals surface area (Å²) in [5, 5.41) is 17.3. The molecule has 6 heteroatoms. The van der Waals surface area contributed by atoms with Crippen LogP contribution in [0, 0.1) is 19.8 Å². The Labute approximate surface area is 132 Å². The monoisotopic (exact) mass is 308 g/mol. The fourth-order valence-electron chi connectivity index (χ4n) is 3.24. The van der Waals surface area contributed by atoms with E-state index in [2.05, 4.69) is 10.4 Å². The highest BCUT2D eigenvalue weighted by Gasteiger charge is 2.24. The fraction of sp³-hybridized carbons (Fsp3) is 0.750. The molecule has 1 fully saturated rings. The number of aromatic nitrogens is 2. The number of nitrogens with zero attached hydrogens (tertiary/aromatic N) is 3. The molecule has 6 nitrogen and oxygen atoms in total. The van der Waals surface area contributed by atoms with E-state index in [1.165, 1.54) is 6.42 Å². The van der Waals surface area contributed by atoms with Gasteiger partial charge in [0.1, 0.15) is 0 Å².